The Hall–Kier alpha value is -3.23. The van der Waals surface area contributed by atoms with Crippen LogP contribution in [0, 0.1) is 0 Å². The number of hydrogen-bond donors (Lipinski definition) is 1. The molecule has 0 bridgehead atoms. The van der Waals surface area contributed by atoms with E-state index >= 15 is 0 Å². The van der Waals surface area contributed by atoms with E-state index in [-0.39, 0.29) is 11.8 Å². The van der Waals surface area contributed by atoms with Crippen molar-refractivity contribution in [3.63, 3.8) is 0 Å². The summed E-state index contributed by atoms with van der Waals surface area (Å²) in [6.45, 7) is 1.41. The fourth-order valence-corrected chi connectivity index (χ4v) is 2.93. The highest BCUT2D eigenvalue weighted by Gasteiger charge is 2.24. The number of aromatic carboxylic acids is 1. The molecule has 0 aliphatic carbocycles. The molecule has 9 heteroatoms. The van der Waals surface area contributed by atoms with Crippen molar-refractivity contribution >= 4 is 17.6 Å². The van der Waals surface area contributed by atoms with Gasteiger partial charge in [0, 0.05) is 56.8 Å². The van der Waals surface area contributed by atoms with Gasteiger partial charge in [0.1, 0.15) is 11.8 Å². The van der Waals surface area contributed by atoms with E-state index in [0.717, 1.165) is 12.8 Å². The first-order valence-electron chi connectivity index (χ1n) is 7.96. The molecule has 25 heavy (non-hydrogen) atoms. The molecule has 0 unspecified atom stereocenters. The van der Waals surface area contributed by atoms with Crippen LogP contribution in [0.5, 0.6) is 5.88 Å². The Labute approximate surface area is 142 Å². The lowest BCUT2D eigenvalue weighted by Gasteiger charge is -2.32. The number of hydrogen-bond acceptors (Lipinski definition) is 7. The van der Waals surface area contributed by atoms with Crippen molar-refractivity contribution in [3.05, 3.63) is 42.7 Å². The second-order valence-corrected chi connectivity index (χ2v) is 5.75. The number of nitrogens with zero attached hydrogens (tertiary/aromatic N) is 6. The zero-order valence-electron chi connectivity index (χ0n) is 13.3. The molecule has 3 aromatic heterocycles. The number of carboxylic acids is 1. The molecule has 1 aliphatic heterocycles. The Kier molecular flexibility index (Phi) is 3.88. The fourth-order valence-electron chi connectivity index (χ4n) is 2.93. The molecule has 1 saturated heterocycles. The topological polar surface area (TPSA) is 106 Å². The molecule has 0 radical (unpaired) electrons. The Morgan fingerprint density at radius 3 is 2.76 bits per heavy atom. The Morgan fingerprint density at radius 1 is 1.20 bits per heavy atom. The highest BCUT2D eigenvalue weighted by Crippen LogP contribution is 2.22. The van der Waals surface area contributed by atoms with Gasteiger partial charge in [0.25, 0.3) is 0 Å². The van der Waals surface area contributed by atoms with E-state index < -0.39 is 5.97 Å². The van der Waals surface area contributed by atoms with Gasteiger partial charge in [-0.15, -0.1) is 0 Å². The third-order valence-electron chi connectivity index (χ3n) is 4.14. The van der Waals surface area contributed by atoms with Crippen LogP contribution >= 0.6 is 0 Å². The van der Waals surface area contributed by atoms with Crippen molar-refractivity contribution in [2.45, 2.75) is 18.9 Å². The molecule has 0 aromatic carbocycles. The molecule has 0 spiro atoms. The van der Waals surface area contributed by atoms with Gasteiger partial charge in [0.2, 0.25) is 11.8 Å². The van der Waals surface area contributed by atoms with Gasteiger partial charge in [-0.2, -0.15) is 0 Å². The van der Waals surface area contributed by atoms with E-state index in [2.05, 4.69) is 24.8 Å². The fraction of sp³-hybridized carbons (Fsp3) is 0.312. The van der Waals surface area contributed by atoms with E-state index in [0.29, 0.717) is 30.6 Å². The SMILES string of the molecule is O=C(O)c1cc2nccn2c(N2CCC(Oc3cnccn3)CC2)n1. The van der Waals surface area contributed by atoms with Gasteiger partial charge in [-0.3, -0.25) is 9.38 Å². The standard InChI is InChI=1S/C16H16N6O3/c23-15(24)12-9-13-18-5-8-22(13)16(20-12)21-6-1-11(2-7-21)25-14-10-17-3-4-19-14/h3-5,8-11H,1-2,6-7H2,(H,23,24). The zero-order chi connectivity index (χ0) is 17.2. The molecule has 1 aliphatic rings. The molecule has 3 aromatic rings. The van der Waals surface area contributed by atoms with Crippen molar-refractivity contribution in [2.75, 3.05) is 18.0 Å². The van der Waals surface area contributed by atoms with Gasteiger partial charge in [-0.05, 0) is 0 Å². The highest BCUT2D eigenvalue weighted by molar-refractivity contribution is 5.87. The number of carboxylic acid groups (broad SMARTS) is 1. The van der Waals surface area contributed by atoms with Crippen LogP contribution in [0.15, 0.2) is 37.1 Å². The molecule has 9 nitrogen and oxygen atoms in total. The first kappa shape index (κ1) is 15.3. The second-order valence-electron chi connectivity index (χ2n) is 5.75. The summed E-state index contributed by atoms with van der Waals surface area (Å²) in [5.41, 5.74) is 0.562. The van der Waals surface area contributed by atoms with Gasteiger partial charge in [-0.1, -0.05) is 0 Å². The summed E-state index contributed by atoms with van der Waals surface area (Å²) in [5, 5.41) is 9.26. The van der Waals surface area contributed by atoms with Crippen LogP contribution in [-0.2, 0) is 0 Å². The number of piperidine rings is 1. The molecular weight excluding hydrogens is 324 g/mol. The maximum Gasteiger partial charge on any atom is 0.354 e. The van der Waals surface area contributed by atoms with E-state index in [1.165, 1.54) is 6.07 Å². The smallest absolute Gasteiger partial charge is 0.354 e. The number of fused-ring (bicyclic) bond motifs is 1. The quantitative estimate of drug-likeness (QED) is 0.757. The molecular formula is C16H16N6O3. The third-order valence-corrected chi connectivity index (χ3v) is 4.14. The van der Waals surface area contributed by atoms with Crippen molar-refractivity contribution < 1.29 is 14.6 Å². The summed E-state index contributed by atoms with van der Waals surface area (Å²) < 4.78 is 7.64. The average Bonchev–Trinajstić information content (AvgIpc) is 3.11. The van der Waals surface area contributed by atoms with E-state index in [4.69, 9.17) is 4.74 Å². The lowest BCUT2D eigenvalue weighted by Crippen LogP contribution is -2.39. The lowest BCUT2D eigenvalue weighted by atomic mass is 10.1. The third kappa shape index (κ3) is 3.08. The van der Waals surface area contributed by atoms with Gasteiger partial charge >= 0.3 is 5.97 Å². The van der Waals surface area contributed by atoms with Gasteiger partial charge in [0.05, 0.1) is 6.20 Å². The Morgan fingerprint density at radius 2 is 2.04 bits per heavy atom. The van der Waals surface area contributed by atoms with Crippen molar-refractivity contribution in [1.82, 2.24) is 24.3 Å². The molecule has 4 heterocycles. The minimum absolute atomic E-state index is 0.00775. The monoisotopic (exact) mass is 340 g/mol. The first-order valence-corrected chi connectivity index (χ1v) is 7.96. The number of imidazole rings is 1. The van der Waals surface area contributed by atoms with Crippen LogP contribution in [0.1, 0.15) is 23.3 Å². The van der Waals surface area contributed by atoms with E-state index in [1.54, 1.807) is 35.4 Å². The normalized spacial score (nSPS) is 15.4. The summed E-state index contributed by atoms with van der Waals surface area (Å²) in [4.78, 5) is 30.0. The van der Waals surface area contributed by atoms with E-state index in [1.807, 2.05) is 0 Å². The van der Waals surface area contributed by atoms with Crippen molar-refractivity contribution in [3.8, 4) is 5.88 Å². The van der Waals surface area contributed by atoms with Gasteiger partial charge in [-0.25, -0.2) is 19.7 Å². The van der Waals surface area contributed by atoms with Crippen LogP contribution in [0.25, 0.3) is 5.65 Å². The van der Waals surface area contributed by atoms with Gasteiger partial charge in [0.15, 0.2) is 5.69 Å². The maximum absolute atomic E-state index is 11.3. The van der Waals surface area contributed by atoms with E-state index in [9.17, 15) is 9.90 Å². The number of anilines is 1. The van der Waals surface area contributed by atoms with Crippen LogP contribution < -0.4 is 9.64 Å². The van der Waals surface area contributed by atoms with Crippen molar-refractivity contribution in [2.24, 2.45) is 0 Å². The second kappa shape index (κ2) is 6.34. The van der Waals surface area contributed by atoms with Crippen LogP contribution in [0.2, 0.25) is 0 Å². The molecule has 128 valence electrons. The number of carbonyl (C=O) groups is 1. The summed E-state index contributed by atoms with van der Waals surface area (Å²) in [7, 11) is 0. The number of ether oxygens (including phenoxy) is 1. The maximum atomic E-state index is 11.3. The molecule has 0 saturated carbocycles. The summed E-state index contributed by atoms with van der Waals surface area (Å²) >= 11 is 0. The summed E-state index contributed by atoms with van der Waals surface area (Å²) in [6, 6.07) is 1.47. The minimum Gasteiger partial charge on any atom is -0.477 e. The summed E-state index contributed by atoms with van der Waals surface area (Å²) in [6.07, 6.45) is 9.83. The molecule has 1 N–H and O–H groups in total. The van der Waals surface area contributed by atoms with Crippen LogP contribution in [0.4, 0.5) is 5.95 Å². The largest absolute Gasteiger partial charge is 0.477 e. The molecule has 0 amide bonds. The lowest BCUT2D eigenvalue weighted by molar-refractivity contribution is 0.0690. The predicted molar refractivity (Wildman–Crippen MR) is 87.8 cm³/mol. The predicted octanol–water partition coefficient (Wildman–Crippen LogP) is 1.27. The summed E-state index contributed by atoms with van der Waals surface area (Å²) in [5.74, 6) is 0.0434. The van der Waals surface area contributed by atoms with Crippen molar-refractivity contribution in [1.29, 1.82) is 0 Å². The average molecular weight is 340 g/mol. The number of rotatable bonds is 4. The molecule has 4 rings (SSSR count). The Balaban J connectivity index is 1.51. The minimum atomic E-state index is -1.06. The molecule has 0 atom stereocenters. The van der Waals surface area contributed by atoms with Crippen LogP contribution in [0.3, 0.4) is 0 Å². The first-order chi connectivity index (χ1) is 12.2. The van der Waals surface area contributed by atoms with Gasteiger partial charge < -0.3 is 14.7 Å². The zero-order valence-corrected chi connectivity index (χ0v) is 13.3. The van der Waals surface area contributed by atoms with Crippen LogP contribution in [-0.4, -0.2) is 54.6 Å². The molecule has 1 fully saturated rings. The number of aromatic nitrogens is 5. The Bertz CT molecular complexity index is 889. The highest BCUT2D eigenvalue weighted by atomic mass is 16.5.